The van der Waals surface area contributed by atoms with Crippen LogP contribution in [0.2, 0.25) is 0 Å². The van der Waals surface area contributed by atoms with Crippen LogP contribution in [0.1, 0.15) is 39.5 Å². The third kappa shape index (κ3) is 2.86. The van der Waals surface area contributed by atoms with Gasteiger partial charge < -0.3 is 10.6 Å². The Labute approximate surface area is 118 Å². The van der Waals surface area contributed by atoms with Crippen molar-refractivity contribution >= 4 is 32.2 Å². The van der Waals surface area contributed by atoms with E-state index in [0.717, 1.165) is 43.8 Å². The summed E-state index contributed by atoms with van der Waals surface area (Å²) in [6.45, 7) is 5.84. The van der Waals surface area contributed by atoms with Gasteiger partial charge in [-0.15, -0.1) is 0 Å². The van der Waals surface area contributed by atoms with Crippen molar-refractivity contribution in [2.45, 2.75) is 49.7 Å². The predicted octanol–water partition coefficient (Wildman–Crippen LogP) is 2.29. The molecule has 0 unspecified atom stereocenters. The number of rotatable bonds is 7. The van der Waals surface area contributed by atoms with Crippen LogP contribution in [0.3, 0.4) is 0 Å². The highest BCUT2D eigenvalue weighted by molar-refractivity contribution is 7.92. The Kier molecular flexibility index (Phi) is 4.35. The molecule has 0 spiro atoms. The lowest BCUT2D eigenvalue weighted by Crippen LogP contribution is -2.26. The average molecular weight is 303 g/mol. The average Bonchev–Trinajstić information content (AvgIpc) is 3.13. The highest BCUT2D eigenvalue weighted by atomic mass is 32.2. The summed E-state index contributed by atoms with van der Waals surface area (Å²) in [5.74, 6) is 0.170. The van der Waals surface area contributed by atoms with Gasteiger partial charge in [-0.3, -0.25) is 0 Å². The van der Waals surface area contributed by atoms with Gasteiger partial charge in [-0.2, -0.15) is 4.37 Å². The fourth-order valence-electron chi connectivity index (χ4n) is 2.15. The topological polar surface area (TPSA) is 76.3 Å². The molecule has 0 radical (unpaired) electrons. The number of nitrogens with zero attached hydrogens (tertiary/aromatic N) is 2. The second-order valence-electron chi connectivity index (χ2n) is 4.93. The maximum atomic E-state index is 12.5. The lowest BCUT2D eigenvalue weighted by molar-refractivity contribution is 0.594. The van der Waals surface area contributed by atoms with Crippen LogP contribution in [0.4, 0.5) is 10.8 Å². The fraction of sp³-hybridized carbons (Fsp3) is 0.750. The molecule has 1 aliphatic rings. The summed E-state index contributed by atoms with van der Waals surface area (Å²) in [7, 11) is -3.28. The summed E-state index contributed by atoms with van der Waals surface area (Å²) in [5, 5.41) is 0.489. The molecule has 1 aromatic heterocycles. The molecule has 0 saturated heterocycles. The molecule has 2 rings (SSSR count). The summed E-state index contributed by atoms with van der Waals surface area (Å²) < 4.78 is 29.0. The molecule has 0 aliphatic heterocycles. The molecule has 0 amide bonds. The summed E-state index contributed by atoms with van der Waals surface area (Å²) in [6, 6.07) is 0. The van der Waals surface area contributed by atoms with Gasteiger partial charge >= 0.3 is 0 Å². The third-order valence-corrected chi connectivity index (χ3v) is 6.55. The first-order valence-corrected chi connectivity index (χ1v) is 9.08. The summed E-state index contributed by atoms with van der Waals surface area (Å²) in [6.07, 6.45) is 3.44. The molecule has 7 heteroatoms. The molecular formula is C12H21N3O2S2. The quantitative estimate of drug-likeness (QED) is 0.836. The standard InChI is InChI=1S/C12H21N3O2S2/c1-3-7-15(8-4-2)12-10(11(13)14-18-12)19(16,17)9-5-6-9/h9H,3-8H2,1-2H3,(H2,13,14). The van der Waals surface area contributed by atoms with E-state index in [2.05, 4.69) is 23.1 Å². The molecule has 1 saturated carbocycles. The molecule has 0 aromatic carbocycles. The van der Waals surface area contributed by atoms with Crippen LogP contribution in [0.15, 0.2) is 4.90 Å². The Balaban J connectivity index is 2.40. The zero-order valence-electron chi connectivity index (χ0n) is 11.4. The Morgan fingerprint density at radius 1 is 1.32 bits per heavy atom. The lowest BCUT2D eigenvalue weighted by Gasteiger charge is -2.22. The summed E-state index contributed by atoms with van der Waals surface area (Å²) in [5.41, 5.74) is 5.82. The van der Waals surface area contributed by atoms with Gasteiger partial charge in [-0.25, -0.2) is 8.42 Å². The van der Waals surface area contributed by atoms with Crippen LogP contribution < -0.4 is 10.6 Å². The largest absolute Gasteiger partial charge is 0.382 e. The Morgan fingerprint density at radius 3 is 2.37 bits per heavy atom. The second-order valence-corrected chi connectivity index (χ2v) is 7.85. The van der Waals surface area contributed by atoms with Crippen LogP contribution in [-0.2, 0) is 9.84 Å². The minimum absolute atomic E-state index is 0.170. The van der Waals surface area contributed by atoms with Crippen molar-refractivity contribution < 1.29 is 8.42 Å². The fourth-order valence-corrected chi connectivity index (χ4v) is 5.23. The van der Waals surface area contributed by atoms with E-state index >= 15 is 0 Å². The molecule has 108 valence electrons. The highest BCUT2D eigenvalue weighted by Crippen LogP contribution is 2.42. The van der Waals surface area contributed by atoms with E-state index < -0.39 is 9.84 Å². The highest BCUT2D eigenvalue weighted by Gasteiger charge is 2.41. The Hall–Kier alpha value is -0.820. The van der Waals surface area contributed by atoms with Crippen LogP contribution >= 0.6 is 11.5 Å². The van der Waals surface area contributed by atoms with E-state index in [1.807, 2.05) is 0 Å². The number of nitrogen functional groups attached to an aromatic ring is 1. The number of hydrogen-bond acceptors (Lipinski definition) is 6. The van der Waals surface area contributed by atoms with Gasteiger partial charge in [-0.05, 0) is 37.2 Å². The van der Waals surface area contributed by atoms with Crippen molar-refractivity contribution in [1.29, 1.82) is 0 Å². The van der Waals surface area contributed by atoms with Crippen LogP contribution in [0, 0.1) is 0 Å². The molecule has 0 atom stereocenters. The smallest absolute Gasteiger partial charge is 0.187 e. The Morgan fingerprint density at radius 2 is 1.89 bits per heavy atom. The molecule has 19 heavy (non-hydrogen) atoms. The molecule has 2 N–H and O–H groups in total. The van der Waals surface area contributed by atoms with E-state index in [1.165, 1.54) is 11.5 Å². The zero-order valence-corrected chi connectivity index (χ0v) is 13.1. The van der Waals surface area contributed by atoms with Crippen molar-refractivity contribution in [2.75, 3.05) is 23.7 Å². The van der Waals surface area contributed by atoms with Crippen molar-refractivity contribution in [3.8, 4) is 0 Å². The molecule has 5 nitrogen and oxygen atoms in total. The third-order valence-electron chi connectivity index (χ3n) is 3.18. The number of nitrogens with two attached hydrogens (primary N) is 1. The first-order chi connectivity index (χ1) is 9.02. The van der Waals surface area contributed by atoms with Crippen LogP contribution in [-0.4, -0.2) is 31.1 Å². The van der Waals surface area contributed by atoms with Crippen molar-refractivity contribution in [2.24, 2.45) is 0 Å². The monoisotopic (exact) mass is 303 g/mol. The van der Waals surface area contributed by atoms with E-state index in [9.17, 15) is 8.42 Å². The zero-order chi connectivity index (χ0) is 14.0. The number of aromatic nitrogens is 1. The SMILES string of the molecule is CCCN(CCC)c1snc(N)c1S(=O)(=O)C1CC1. The lowest BCUT2D eigenvalue weighted by atomic mass is 10.3. The molecule has 1 aromatic rings. The minimum atomic E-state index is -3.28. The normalized spacial score (nSPS) is 15.7. The van der Waals surface area contributed by atoms with E-state index in [0.29, 0.717) is 0 Å². The van der Waals surface area contributed by atoms with Gasteiger partial charge in [-0.1, -0.05) is 13.8 Å². The molecule has 1 fully saturated rings. The first kappa shape index (κ1) is 14.6. The molecule has 0 bridgehead atoms. The van der Waals surface area contributed by atoms with Gasteiger partial charge in [0.2, 0.25) is 0 Å². The molecule has 1 heterocycles. The van der Waals surface area contributed by atoms with Crippen molar-refractivity contribution in [3.05, 3.63) is 0 Å². The van der Waals surface area contributed by atoms with Crippen molar-refractivity contribution in [1.82, 2.24) is 4.37 Å². The van der Waals surface area contributed by atoms with Gasteiger partial charge in [0.15, 0.2) is 15.7 Å². The van der Waals surface area contributed by atoms with E-state index in [-0.39, 0.29) is 16.0 Å². The van der Waals surface area contributed by atoms with Gasteiger partial charge in [0.05, 0.1) is 5.25 Å². The number of anilines is 2. The maximum Gasteiger partial charge on any atom is 0.187 e. The van der Waals surface area contributed by atoms with Crippen LogP contribution in [0.5, 0.6) is 0 Å². The van der Waals surface area contributed by atoms with Crippen LogP contribution in [0.25, 0.3) is 0 Å². The summed E-state index contributed by atoms with van der Waals surface area (Å²) >= 11 is 1.21. The predicted molar refractivity (Wildman–Crippen MR) is 79.5 cm³/mol. The molecule has 1 aliphatic carbocycles. The van der Waals surface area contributed by atoms with Gasteiger partial charge in [0.25, 0.3) is 0 Å². The first-order valence-electron chi connectivity index (χ1n) is 6.76. The minimum Gasteiger partial charge on any atom is -0.382 e. The van der Waals surface area contributed by atoms with Gasteiger partial charge in [0, 0.05) is 13.1 Å². The van der Waals surface area contributed by atoms with Crippen molar-refractivity contribution in [3.63, 3.8) is 0 Å². The number of hydrogen-bond donors (Lipinski definition) is 1. The molecular weight excluding hydrogens is 282 g/mol. The van der Waals surface area contributed by atoms with E-state index in [1.54, 1.807) is 0 Å². The summed E-state index contributed by atoms with van der Waals surface area (Å²) in [4.78, 5) is 2.38. The second kappa shape index (κ2) is 5.66. The van der Waals surface area contributed by atoms with E-state index in [4.69, 9.17) is 5.73 Å². The number of sulfone groups is 1. The Bertz CT molecular complexity index is 529. The van der Waals surface area contributed by atoms with Gasteiger partial charge in [0.1, 0.15) is 9.90 Å². The maximum absolute atomic E-state index is 12.5.